The molecule has 0 spiro atoms. The SMILES string of the molecule is C=CC[C@H](c1cccc(Br)c1F)N1CCNCC1.Cl.Cl. The molecule has 1 N–H and O–H groups in total. The maximum absolute atomic E-state index is 14.2. The second-order valence-corrected chi connectivity index (χ2v) is 5.32. The number of rotatable bonds is 4. The number of hydrogen-bond donors (Lipinski definition) is 1. The zero-order valence-corrected chi connectivity index (χ0v) is 14.4. The van der Waals surface area contributed by atoms with Crippen LogP contribution in [0.5, 0.6) is 0 Å². The summed E-state index contributed by atoms with van der Waals surface area (Å²) in [6.07, 6.45) is 2.64. The van der Waals surface area contributed by atoms with Crippen LogP contribution in [-0.2, 0) is 0 Å². The lowest BCUT2D eigenvalue weighted by molar-refractivity contribution is 0.171. The van der Waals surface area contributed by atoms with E-state index in [0.717, 1.165) is 38.2 Å². The number of nitrogens with one attached hydrogen (secondary N) is 1. The Bertz CT molecular complexity index is 426. The van der Waals surface area contributed by atoms with E-state index in [9.17, 15) is 4.39 Å². The van der Waals surface area contributed by atoms with Gasteiger partial charge in [-0.2, -0.15) is 0 Å². The van der Waals surface area contributed by atoms with Crippen molar-refractivity contribution in [3.05, 3.63) is 46.7 Å². The van der Waals surface area contributed by atoms with Gasteiger partial charge in [-0.15, -0.1) is 31.4 Å². The Kier molecular flexibility index (Phi) is 9.68. The largest absolute Gasteiger partial charge is 0.314 e. The quantitative estimate of drug-likeness (QED) is 0.789. The van der Waals surface area contributed by atoms with Gasteiger partial charge in [0.2, 0.25) is 0 Å². The van der Waals surface area contributed by atoms with E-state index in [4.69, 9.17) is 0 Å². The Balaban J connectivity index is 0.00000180. The molecule has 0 unspecified atom stereocenters. The van der Waals surface area contributed by atoms with Gasteiger partial charge in [0.25, 0.3) is 0 Å². The van der Waals surface area contributed by atoms with Crippen molar-refractivity contribution >= 4 is 40.7 Å². The van der Waals surface area contributed by atoms with E-state index < -0.39 is 0 Å². The molecule has 0 aromatic heterocycles. The molecule has 1 aromatic rings. The van der Waals surface area contributed by atoms with Crippen LogP contribution in [-0.4, -0.2) is 31.1 Å². The van der Waals surface area contributed by atoms with Crippen LogP contribution in [0.25, 0.3) is 0 Å². The highest BCUT2D eigenvalue weighted by Gasteiger charge is 2.24. The molecular weight excluding hydrogens is 366 g/mol. The van der Waals surface area contributed by atoms with Crippen LogP contribution in [0.1, 0.15) is 18.0 Å². The minimum atomic E-state index is -0.150. The summed E-state index contributed by atoms with van der Waals surface area (Å²) in [6, 6.07) is 5.58. The van der Waals surface area contributed by atoms with Gasteiger partial charge in [-0.3, -0.25) is 4.90 Å². The van der Waals surface area contributed by atoms with Crippen LogP contribution in [0, 0.1) is 5.82 Å². The lowest BCUT2D eigenvalue weighted by Gasteiger charge is -2.35. The van der Waals surface area contributed by atoms with E-state index in [1.54, 1.807) is 6.07 Å². The first kappa shape index (κ1) is 19.9. The average molecular weight is 386 g/mol. The second-order valence-electron chi connectivity index (χ2n) is 4.47. The summed E-state index contributed by atoms with van der Waals surface area (Å²) >= 11 is 3.26. The minimum Gasteiger partial charge on any atom is -0.314 e. The predicted octanol–water partition coefficient (Wildman–Crippen LogP) is 3.95. The highest BCUT2D eigenvalue weighted by molar-refractivity contribution is 9.10. The zero-order chi connectivity index (χ0) is 13.0. The van der Waals surface area contributed by atoms with Crippen molar-refractivity contribution in [2.45, 2.75) is 12.5 Å². The second kappa shape index (κ2) is 9.74. The van der Waals surface area contributed by atoms with Crippen molar-refractivity contribution in [3.8, 4) is 0 Å². The molecule has 1 fully saturated rings. The molecule has 1 heterocycles. The van der Waals surface area contributed by atoms with Crippen molar-refractivity contribution in [2.24, 2.45) is 0 Å². The molecule has 0 amide bonds. The standard InChI is InChI=1S/C14H18BrFN2.2ClH/c1-2-4-13(18-9-7-17-8-10-18)11-5-3-6-12(15)14(11)16;;/h2-3,5-6,13,17H,1,4,7-10H2;2*1H/t13-;;/m1../s1. The molecule has 0 bridgehead atoms. The summed E-state index contributed by atoms with van der Waals surface area (Å²) in [6.45, 7) is 7.62. The number of piperazine rings is 1. The van der Waals surface area contributed by atoms with Crippen LogP contribution in [0.3, 0.4) is 0 Å². The Morgan fingerprint density at radius 3 is 2.60 bits per heavy atom. The molecular formula is C14H20BrCl2FN2. The molecule has 2 nitrogen and oxygen atoms in total. The number of halogens is 4. The normalized spacial score (nSPS) is 16.7. The van der Waals surface area contributed by atoms with Gasteiger partial charge in [0.15, 0.2) is 0 Å². The molecule has 1 aromatic carbocycles. The first-order valence-electron chi connectivity index (χ1n) is 6.23. The van der Waals surface area contributed by atoms with Gasteiger partial charge >= 0.3 is 0 Å². The van der Waals surface area contributed by atoms with Crippen molar-refractivity contribution in [1.82, 2.24) is 10.2 Å². The van der Waals surface area contributed by atoms with E-state index >= 15 is 0 Å². The summed E-state index contributed by atoms with van der Waals surface area (Å²) in [5, 5.41) is 3.32. The first-order valence-corrected chi connectivity index (χ1v) is 7.03. The summed E-state index contributed by atoms with van der Waals surface area (Å²) in [5.41, 5.74) is 0.756. The van der Waals surface area contributed by atoms with Crippen molar-refractivity contribution in [3.63, 3.8) is 0 Å². The van der Waals surface area contributed by atoms with Gasteiger partial charge in [-0.05, 0) is 28.4 Å². The van der Waals surface area contributed by atoms with E-state index in [1.165, 1.54) is 0 Å². The van der Waals surface area contributed by atoms with Gasteiger partial charge < -0.3 is 5.32 Å². The van der Waals surface area contributed by atoms with E-state index in [-0.39, 0.29) is 36.7 Å². The Morgan fingerprint density at radius 1 is 1.35 bits per heavy atom. The third-order valence-corrected chi connectivity index (χ3v) is 3.94. The topological polar surface area (TPSA) is 15.3 Å². The summed E-state index contributed by atoms with van der Waals surface area (Å²) in [4.78, 5) is 2.32. The number of nitrogens with zero attached hydrogens (tertiary/aromatic N) is 1. The van der Waals surface area contributed by atoms with E-state index in [0.29, 0.717) is 4.47 Å². The molecule has 6 heteroatoms. The predicted molar refractivity (Wildman–Crippen MR) is 90.6 cm³/mol. The molecule has 20 heavy (non-hydrogen) atoms. The molecule has 0 saturated carbocycles. The molecule has 1 saturated heterocycles. The van der Waals surface area contributed by atoms with Crippen LogP contribution in [0.15, 0.2) is 35.3 Å². The van der Waals surface area contributed by atoms with Gasteiger partial charge in [0.05, 0.1) is 4.47 Å². The zero-order valence-electron chi connectivity index (χ0n) is 11.1. The highest BCUT2D eigenvalue weighted by atomic mass is 79.9. The molecule has 114 valence electrons. The van der Waals surface area contributed by atoms with Crippen LogP contribution in [0.2, 0.25) is 0 Å². The van der Waals surface area contributed by atoms with Crippen LogP contribution in [0.4, 0.5) is 4.39 Å². The smallest absolute Gasteiger partial charge is 0.142 e. The Morgan fingerprint density at radius 2 is 2.00 bits per heavy atom. The first-order chi connectivity index (χ1) is 8.74. The van der Waals surface area contributed by atoms with Crippen LogP contribution >= 0.6 is 40.7 Å². The summed E-state index contributed by atoms with van der Waals surface area (Å²) in [7, 11) is 0. The molecule has 1 atom stereocenters. The summed E-state index contributed by atoms with van der Waals surface area (Å²) < 4.78 is 14.7. The van der Waals surface area contributed by atoms with Gasteiger partial charge in [0.1, 0.15) is 5.82 Å². The van der Waals surface area contributed by atoms with Gasteiger partial charge in [0, 0.05) is 37.8 Å². The fraction of sp³-hybridized carbons (Fsp3) is 0.429. The highest BCUT2D eigenvalue weighted by Crippen LogP contribution is 2.30. The monoisotopic (exact) mass is 384 g/mol. The van der Waals surface area contributed by atoms with Gasteiger partial charge in [-0.1, -0.05) is 18.2 Å². The average Bonchev–Trinajstić information content (AvgIpc) is 2.41. The van der Waals surface area contributed by atoms with Crippen molar-refractivity contribution in [1.29, 1.82) is 0 Å². The Labute approximate surface area is 140 Å². The number of benzene rings is 1. The lowest BCUT2D eigenvalue weighted by Crippen LogP contribution is -2.45. The minimum absolute atomic E-state index is 0. The molecule has 0 aliphatic carbocycles. The van der Waals surface area contributed by atoms with E-state index in [1.807, 2.05) is 18.2 Å². The third kappa shape index (κ3) is 4.71. The maximum atomic E-state index is 14.2. The fourth-order valence-electron chi connectivity index (χ4n) is 2.40. The third-order valence-electron chi connectivity index (χ3n) is 3.32. The number of hydrogen-bond acceptors (Lipinski definition) is 2. The fourth-order valence-corrected chi connectivity index (χ4v) is 2.78. The molecule has 1 aliphatic rings. The maximum Gasteiger partial charge on any atom is 0.142 e. The van der Waals surface area contributed by atoms with Crippen molar-refractivity contribution in [2.75, 3.05) is 26.2 Å². The van der Waals surface area contributed by atoms with E-state index in [2.05, 4.69) is 32.7 Å². The van der Waals surface area contributed by atoms with Gasteiger partial charge in [-0.25, -0.2) is 4.39 Å². The molecule has 1 aliphatic heterocycles. The van der Waals surface area contributed by atoms with Crippen LogP contribution < -0.4 is 5.32 Å². The van der Waals surface area contributed by atoms with Crippen molar-refractivity contribution < 1.29 is 4.39 Å². The summed E-state index contributed by atoms with van der Waals surface area (Å²) in [5.74, 6) is -0.150. The Hall–Kier alpha value is -0.130. The molecule has 0 radical (unpaired) electrons. The molecule has 2 rings (SSSR count). The lowest BCUT2D eigenvalue weighted by atomic mass is 10.0.